The molecule has 0 radical (unpaired) electrons. The molecule has 0 bridgehead atoms. The number of hydrogen-bond donors (Lipinski definition) is 0. The van der Waals surface area contributed by atoms with Gasteiger partial charge in [0.15, 0.2) is 0 Å². The van der Waals surface area contributed by atoms with Crippen molar-refractivity contribution in [2.75, 3.05) is 34.4 Å². The second-order valence-electron chi connectivity index (χ2n) is 2.49. The minimum absolute atomic E-state index is 0.609. The van der Waals surface area contributed by atoms with E-state index in [0.29, 0.717) is 13.2 Å². The minimum Gasteiger partial charge on any atom is -0.364 e. The van der Waals surface area contributed by atoms with Crippen LogP contribution in [0.15, 0.2) is 0 Å². The molecular weight excluding hydrogens is 174 g/mol. The van der Waals surface area contributed by atoms with Crippen molar-refractivity contribution in [3.8, 4) is 0 Å². The second-order valence-corrected chi connectivity index (χ2v) is 5.42. The van der Waals surface area contributed by atoms with Gasteiger partial charge in [-0.3, -0.25) is 4.57 Å². The topological polar surface area (TPSA) is 30.9 Å². The lowest BCUT2D eigenvalue weighted by Crippen LogP contribution is -2.57. The predicted octanol–water partition coefficient (Wildman–Crippen LogP) is 0.703. The van der Waals surface area contributed by atoms with Crippen LogP contribution >= 0.6 is 0 Å². The monoisotopic (exact) mass is 193 g/mol. The lowest BCUT2D eigenvalue weighted by atomic mass is 10.9. The Morgan fingerprint density at radius 3 is 1.67 bits per heavy atom. The molecule has 0 fully saturated rings. The Balaban J connectivity index is 4.28. The van der Waals surface area contributed by atoms with E-state index in [1.165, 1.54) is 0 Å². The summed E-state index contributed by atoms with van der Waals surface area (Å²) >= 11 is 0. The highest BCUT2D eigenvalue weighted by molar-refractivity contribution is 6.57. The number of rotatable bonds is 6. The van der Waals surface area contributed by atoms with Crippen molar-refractivity contribution in [2.45, 2.75) is 13.8 Å². The highest BCUT2D eigenvalue weighted by Gasteiger charge is 2.43. The van der Waals surface area contributed by atoms with Gasteiger partial charge in [-0.15, -0.1) is 0 Å². The van der Waals surface area contributed by atoms with E-state index in [2.05, 4.69) is 0 Å². The SMILES string of the molecule is CCO[Si](OC)(OCC)N(C)C. The molecule has 0 rings (SSSR count). The normalized spacial score (nSPS) is 12.5. The van der Waals surface area contributed by atoms with Crippen molar-refractivity contribution in [1.82, 2.24) is 4.57 Å². The van der Waals surface area contributed by atoms with Gasteiger partial charge in [0.25, 0.3) is 0 Å². The quantitative estimate of drug-likeness (QED) is 0.581. The van der Waals surface area contributed by atoms with Crippen molar-refractivity contribution in [3.63, 3.8) is 0 Å². The molecule has 0 unspecified atom stereocenters. The van der Waals surface area contributed by atoms with Crippen LogP contribution in [0.3, 0.4) is 0 Å². The van der Waals surface area contributed by atoms with Crippen LogP contribution in [0.5, 0.6) is 0 Å². The standard InChI is InChI=1S/C7H19NO3Si/c1-6-10-12(9-5,8(3)4)11-7-2/h6-7H2,1-5H3. The molecular formula is C7H19NO3Si. The Hall–Kier alpha value is 0.0569. The molecule has 0 saturated carbocycles. The zero-order chi connectivity index (χ0) is 9.61. The Labute approximate surface area is 75.9 Å². The first kappa shape index (κ1) is 12.1. The molecule has 5 heteroatoms. The fourth-order valence-corrected chi connectivity index (χ4v) is 2.90. The van der Waals surface area contributed by atoms with Crippen LogP contribution in [0.4, 0.5) is 0 Å². The summed E-state index contributed by atoms with van der Waals surface area (Å²) in [5.74, 6) is 0. The van der Waals surface area contributed by atoms with Crippen molar-refractivity contribution in [1.29, 1.82) is 0 Å². The molecule has 0 atom stereocenters. The molecule has 74 valence electrons. The number of nitrogens with zero attached hydrogens (tertiary/aromatic N) is 1. The molecule has 0 aliphatic rings. The van der Waals surface area contributed by atoms with Gasteiger partial charge in [-0.05, 0) is 27.9 Å². The van der Waals surface area contributed by atoms with E-state index in [0.717, 1.165) is 0 Å². The summed E-state index contributed by atoms with van der Waals surface area (Å²) in [6.45, 7) is 5.09. The van der Waals surface area contributed by atoms with Crippen molar-refractivity contribution < 1.29 is 13.3 Å². The maximum absolute atomic E-state index is 5.50. The van der Waals surface area contributed by atoms with Gasteiger partial charge in [-0.1, -0.05) is 0 Å². The molecule has 0 heterocycles. The van der Waals surface area contributed by atoms with E-state index in [-0.39, 0.29) is 0 Å². The van der Waals surface area contributed by atoms with Crippen molar-refractivity contribution in [2.24, 2.45) is 0 Å². The summed E-state index contributed by atoms with van der Waals surface area (Å²) in [6.07, 6.45) is 0. The van der Waals surface area contributed by atoms with Crippen molar-refractivity contribution in [3.05, 3.63) is 0 Å². The summed E-state index contributed by atoms with van der Waals surface area (Å²) in [4.78, 5) is 0. The van der Waals surface area contributed by atoms with Crippen LogP contribution in [0.1, 0.15) is 13.8 Å². The molecule has 4 nitrogen and oxygen atoms in total. The summed E-state index contributed by atoms with van der Waals surface area (Å²) in [5, 5.41) is 0. The largest absolute Gasteiger partial charge is 0.598 e. The molecule has 0 aliphatic heterocycles. The molecule has 0 spiro atoms. The van der Waals surface area contributed by atoms with Crippen LogP contribution in [0.2, 0.25) is 0 Å². The first-order chi connectivity index (χ1) is 5.63. The van der Waals surface area contributed by atoms with Gasteiger partial charge >= 0.3 is 8.97 Å². The van der Waals surface area contributed by atoms with Gasteiger partial charge in [0, 0.05) is 20.3 Å². The van der Waals surface area contributed by atoms with Gasteiger partial charge in [0.2, 0.25) is 0 Å². The van der Waals surface area contributed by atoms with Crippen molar-refractivity contribution >= 4 is 8.97 Å². The summed E-state index contributed by atoms with van der Waals surface area (Å²) in [7, 11) is 2.92. The molecule has 0 aromatic rings. The Morgan fingerprint density at radius 1 is 1.08 bits per heavy atom. The second kappa shape index (κ2) is 5.66. The van der Waals surface area contributed by atoms with Gasteiger partial charge in [-0.25, -0.2) is 0 Å². The third-order valence-corrected chi connectivity index (χ3v) is 4.38. The molecule has 0 N–H and O–H groups in total. The Kier molecular flexibility index (Phi) is 5.69. The lowest BCUT2D eigenvalue weighted by Gasteiger charge is -2.31. The number of hydrogen-bond acceptors (Lipinski definition) is 4. The van der Waals surface area contributed by atoms with Gasteiger partial charge in [0.05, 0.1) is 0 Å². The van der Waals surface area contributed by atoms with E-state index in [4.69, 9.17) is 13.3 Å². The first-order valence-electron chi connectivity index (χ1n) is 4.13. The molecule has 0 aliphatic carbocycles. The molecule has 12 heavy (non-hydrogen) atoms. The Morgan fingerprint density at radius 2 is 1.50 bits per heavy atom. The predicted molar refractivity (Wildman–Crippen MR) is 49.7 cm³/mol. The zero-order valence-corrected chi connectivity index (χ0v) is 9.59. The average Bonchev–Trinajstić information content (AvgIpc) is 2.03. The van der Waals surface area contributed by atoms with Gasteiger partial charge in [0.1, 0.15) is 0 Å². The maximum atomic E-state index is 5.50. The summed E-state index contributed by atoms with van der Waals surface area (Å²) in [5.41, 5.74) is 0. The third-order valence-electron chi connectivity index (χ3n) is 1.46. The molecule has 0 saturated heterocycles. The zero-order valence-electron chi connectivity index (χ0n) is 8.59. The van der Waals surface area contributed by atoms with E-state index >= 15 is 0 Å². The highest BCUT2D eigenvalue weighted by Crippen LogP contribution is 2.10. The van der Waals surface area contributed by atoms with E-state index < -0.39 is 8.97 Å². The molecule has 0 amide bonds. The van der Waals surface area contributed by atoms with Crippen LogP contribution < -0.4 is 0 Å². The fourth-order valence-electron chi connectivity index (χ4n) is 0.965. The van der Waals surface area contributed by atoms with Gasteiger partial charge < -0.3 is 13.3 Å². The minimum atomic E-state index is -2.51. The summed E-state index contributed by atoms with van der Waals surface area (Å²) in [6, 6.07) is 0. The van der Waals surface area contributed by atoms with Crippen LogP contribution in [-0.4, -0.2) is 48.0 Å². The third kappa shape index (κ3) is 2.84. The summed E-state index contributed by atoms with van der Waals surface area (Å²) < 4.78 is 18.2. The van der Waals surface area contributed by atoms with Crippen LogP contribution in [0.25, 0.3) is 0 Å². The highest BCUT2D eigenvalue weighted by atomic mass is 28.4. The molecule has 0 aromatic carbocycles. The van der Waals surface area contributed by atoms with Crippen LogP contribution in [0, 0.1) is 0 Å². The van der Waals surface area contributed by atoms with Crippen LogP contribution in [-0.2, 0) is 13.3 Å². The van der Waals surface area contributed by atoms with E-state index in [1.54, 1.807) is 7.11 Å². The van der Waals surface area contributed by atoms with Gasteiger partial charge in [-0.2, -0.15) is 0 Å². The molecule has 0 aromatic heterocycles. The van der Waals surface area contributed by atoms with E-state index in [9.17, 15) is 0 Å². The Bertz CT molecular complexity index is 115. The lowest BCUT2D eigenvalue weighted by molar-refractivity contribution is 0.0435. The van der Waals surface area contributed by atoms with E-state index in [1.807, 2.05) is 32.5 Å². The smallest absolute Gasteiger partial charge is 0.364 e. The fraction of sp³-hybridized carbons (Fsp3) is 1.00. The first-order valence-corrected chi connectivity index (χ1v) is 5.80. The maximum Gasteiger partial charge on any atom is 0.598 e. The average molecular weight is 193 g/mol.